The Morgan fingerprint density at radius 2 is 1.45 bits per heavy atom. The van der Waals surface area contributed by atoms with Crippen LogP contribution in [0.15, 0.2) is 46.6 Å². The summed E-state index contributed by atoms with van der Waals surface area (Å²) in [5.74, 6) is 0.0574. The van der Waals surface area contributed by atoms with Gasteiger partial charge in [-0.2, -0.15) is 0 Å². The minimum Gasteiger partial charge on any atom is -0.392 e. The zero-order valence-corrected chi connectivity index (χ0v) is 13.8. The van der Waals surface area contributed by atoms with E-state index < -0.39 is 0 Å². The highest BCUT2D eigenvalue weighted by atomic mass is 16.2. The number of carbonyl (C=O) groups is 2. The Morgan fingerprint density at radius 3 is 2.14 bits per heavy atom. The molecule has 0 aliphatic heterocycles. The fourth-order valence-corrected chi connectivity index (χ4v) is 2.48. The van der Waals surface area contributed by atoms with E-state index >= 15 is 0 Å². The third kappa shape index (κ3) is 4.92. The second-order valence-corrected chi connectivity index (χ2v) is 5.62. The fourth-order valence-electron chi connectivity index (χ4n) is 2.48. The Bertz CT molecular complexity index is 545. The third-order valence-corrected chi connectivity index (χ3v) is 4.07. The van der Waals surface area contributed by atoms with Crippen LogP contribution in [0.3, 0.4) is 0 Å². The first-order valence-electron chi connectivity index (χ1n) is 7.88. The Hall–Kier alpha value is -1.74. The first kappa shape index (κ1) is 18.3. The summed E-state index contributed by atoms with van der Waals surface area (Å²) in [7, 11) is 0. The molecule has 0 heterocycles. The minimum absolute atomic E-state index is 0.0164. The molecule has 3 nitrogen and oxygen atoms in total. The van der Waals surface area contributed by atoms with E-state index in [1.165, 1.54) is 0 Å². The molecule has 0 atom stereocenters. The van der Waals surface area contributed by atoms with Crippen LogP contribution in [0.25, 0.3) is 0 Å². The maximum atomic E-state index is 12.2. The van der Waals surface area contributed by atoms with Gasteiger partial charge < -0.3 is 5.11 Å². The molecule has 0 bridgehead atoms. The van der Waals surface area contributed by atoms with Crippen molar-refractivity contribution in [2.45, 2.75) is 52.9 Å². The average molecular weight is 302 g/mol. The van der Waals surface area contributed by atoms with Crippen molar-refractivity contribution in [3.05, 3.63) is 46.6 Å². The predicted molar refractivity (Wildman–Crippen MR) is 89.5 cm³/mol. The van der Waals surface area contributed by atoms with Crippen molar-refractivity contribution < 1.29 is 14.7 Å². The molecule has 120 valence electrons. The van der Waals surface area contributed by atoms with Crippen LogP contribution in [0, 0.1) is 0 Å². The number of ketones is 2. The van der Waals surface area contributed by atoms with Gasteiger partial charge in [0.25, 0.3) is 0 Å². The average Bonchev–Trinajstić information content (AvgIpc) is 2.52. The lowest BCUT2D eigenvalue weighted by atomic mass is 9.84. The molecule has 0 unspecified atom stereocenters. The van der Waals surface area contributed by atoms with Crippen LogP contribution in [0.1, 0.15) is 52.9 Å². The molecule has 1 aliphatic carbocycles. The summed E-state index contributed by atoms with van der Waals surface area (Å²) < 4.78 is 0. The molecule has 0 amide bonds. The summed E-state index contributed by atoms with van der Waals surface area (Å²) in [4.78, 5) is 24.3. The quantitative estimate of drug-likeness (QED) is 0.421. The van der Waals surface area contributed by atoms with Crippen molar-refractivity contribution in [2.24, 2.45) is 0 Å². The van der Waals surface area contributed by atoms with Gasteiger partial charge in [0.2, 0.25) is 0 Å². The number of hydrogen-bond acceptors (Lipinski definition) is 3. The van der Waals surface area contributed by atoms with E-state index in [9.17, 15) is 9.59 Å². The highest BCUT2D eigenvalue weighted by Crippen LogP contribution is 2.27. The Kier molecular flexibility index (Phi) is 7.75. The number of carbonyl (C=O) groups excluding carboxylic acids is 2. The number of hydrogen-bond donors (Lipinski definition) is 1. The fraction of sp³-hybridized carbons (Fsp3) is 0.474. The van der Waals surface area contributed by atoms with Crippen molar-refractivity contribution >= 4 is 11.6 Å². The van der Waals surface area contributed by atoms with E-state index in [4.69, 9.17) is 5.11 Å². The molecule has 0 aromatic rings. The number of allylic oxidation sites excluding steroid dienone is 7. The molecule has 1 aliphatic rings. The molecule has 0 spiro atoms. The SMILES string of the molecule is CC1=C(C)C(=O)C(CCCC/C=C\C/C=C\CO)=C(C)C1=O. The second-order valence-electron chi connectivity index (χ2n) is 5.62. The van der Waals surface area contributed by atoms with Gasteiger partial charge in [-0.1, -0.05) is 24.3 Å². The first-order chi connectivity index (χ1) is 10.5. The summed E-state index contributed by atoms with van der Waals surface area (Å²) in [6.07, 6.45) is 12.2. The highest BCUT2D eigenvalue weighted by Gasteiger charge is 2.26. The minimum atomic E-state index is 0.0164. The molecule has 22 heavy (non-hydrogen) atoms. The molecule has 0 saturated carbocycles. The monoisotopic (exact) mass is 302 g/mol. The summed E-state index contributed by atoms with van der Waals surface area (Å²) in [5.41, 5.74) is 2.51. The van der Waals surface area contributed by atoms with Gasteiger partial charge >= 0.3 is 0 Å². The summed E-state index contributed by atoms with van der Waals surface area (Å²) in [6, 6.07) is 0. The van der Waals surface area contributed by atoms with Crippen molar-refractivity contribution in [3.63, 3.8) is 0 Å². The Balaban J connectivity index is 2.41. The largest absolute Gasteiger partial charge is 0.392 e. The summed E-state index contributed by atoms with van der Waals surface area (Å²) >= 11 is 0. The maximum absolute atomic E-state index is 12.2. The number of Topliss-reactive ketones (excluding diaryl/α,β-unsaturated/α-hetero) is 2. The van der Waals surface area contributed by atoms with Gasteiger partial charge in [-0.05, 0) is 52.9 Å². The van der Waals surface area contributed by atoms with Crippen molar-refractivity contribution in [1.29, 1.82) is 0 Å². The van der Waals surface area contributed by atoms with E-state index in [1.54, 1.807) is 26.8 Å². The van der Waals surface area contributed by atoms with E-state index in [0.29, 0.717) is 28.7 Å². The van der Waals surface area contributed by atoms with Gasteiger partial charge in [0.05, 0.1) is 6.61 Å². The molecule has 3 heteroatoms. The van der Waals surface area contributed by atoms with E-state index in [-0.39, 0.29) is 18.2 Å². The van der Waals surface area contributed by atoms with Crippen molar-refractivity contribution in [1.82, 2.24) is 0 Å². The van der Waals surface area contributed by atoms with Crippen LogP contribution in [0.2, 0.25) is 0 Å². The predicted octanol–water partition coefficient (Wildman–Crippen LogP) is 3.85. The molecule has 1 N–H and O–H groups in total. The summed E-state index contributed by atoms with van der Waals surface area (Å²) in [5, 5.41) is 8.59. The van der Waals surface area contributed by atoms with Crippen LogP contribution < -0.4 is 0 Å². The zero-order valence-electron chi connectivity index (χ0n) is 13.8. The Labute approximate surface area is 133 Å². The molecule has 1 rings (SSSR count). The van der Waals surface area contributed by atoms with Gasteiger partial charge in [0.15, 0.2) is 11.6 Å². The van der Waals surface area contributed by atoms with Crippen LogP contribution in [-0.4, -0.2) is 23.3 Å². The van der Waals surface area contributed by atoms with Crippen LogP contribution in [0.4, 0.5) is 0 Å². The molecular formula is C19H26O3. The lowest BCUT2D eigenvalue weighted by Gasteiger charge is -2.18. The van der Waals surface area contributed by atoms with E-state index in [1.807, 2.05) is 6.08 Å². The highest BCUT2D eigenvalue weighted by molar-refractivity contribution is 6.24. The topological polar surface area (TPSA) is 54.4 Å². The number of aliphatic hydroxyl groups excluding tert-OH is 1. The van der Waals surface area contributed by atoms with Crippen LogP contribution in [0.5, 0.6) is 0 Å². The maximum Gasteiger partial charge on any atom is 0.185 e. The first-order valence-corrected chi connectivity index (χ1v) is 7.88. The third-order valence-electron chi connectivity index (χ3n) is 4.07. The number of rotatable bonds is 8. The lowest BCUT2D eigenvalue weighted by Crippen LogP contribution is -2.20. The van der Waals surface area contributed by atoms with Gasteiger partial charge in [0.1, 0.15) is 0 Å². The zero-order chi connectivity index (χ0) is 16.5. The van der Waals surface area contributed by atoms with Gasteiger partial charge in [-0.3, -0.25) is 9.59 Å². The lowest BCUT2D eigenvalue weighted by molar-refractivity contribution is -0.116. The standard InChI is InChI=1S/C19H26O3/c1-14-15(2)19(22)17(16(3)18(14)21)12-10-8-6-4-5-7-9-11-13-20/h4-5,9,11,20H,6-8,10,12-13H2,1-3H3/b5-4-,11-9-. The molecule has 0 aromatic heterocycles. The molecule has 0 radical (unpaired) electrons. The molecule has 0 saturated heterocycles. The van der Waals surface area contributed by atoms with E-state index in [2.05, 4.69) is 12.2 Å². The van der Waals surface area contributed by atoms with E-state index in [0.717, 1.165) is 25.7 Å². The van der Waals surface area contributed by atoms with Gasteiger partial charge in [0, 0.05) is 22.3 Å². The normalized spacial score (nSPS) is 16.7. The number of unbranched alkanes of at least 4 members (excludes halogenated alkanes) is 2. The van der Waals surface area contributed by atoms with Crippen LogP contribution >= 0.6 is 0 Å². The molecular weight excluding hydrogens is 276 g/mol. The number of aliphatic hydroxyl groups is 1. The van der Waals surface area contributed by atoms with Crippen LogP contribution in [-0.2, 0) is 9.59 Å². The summed E-state index contributed by atoms with van der Waals surface area (Å²) in [6.45, 7) is 5.32. The van der Waals surface area contributed by atoms with Crippen molar-refractivity contribution in [3.8, 4) is 0 Å². The van der Waals surface area contributed by atoms with Gasteiger partial charge in [-0.25, -0.2) is 0 Å². The van der Waals surface area contributed by atoms with Gasteiger partial charge in [-0.15, -0.1) is 0 Å². The molecule has 0 fully saturated rings. The van der Waals surface area contributed by atoms with Crippen molar-refractivity contribution in [2.75, 3.05) is 6.61 Å². The second kappa shape index (κ2) is 9.31. The molecule has 0 aromatic carbocycles. The smallest absolute Gasteiger partial charge is 0.185 e. The Morgan fingerprint density at radius 1 is 0.818 bits per heavy atom.